The van der Waals surface area contributed by atoms with Crippen LogP contribution in [0.2, 0.25) is 0 Å². The number of Topliss-reactive ketones (excluding diaryl/α,β-unsaturated/α-hetero) is 1. The summed E-state index contributed by atoms with van der Waals surface area (Å²) in [5.74, 6) is 0.569. The van der Waals surface area contributed by atoms with Crippen LogP contribution in [0.4, 0.5) is 13.2 Å². The van der Waals surface area contributed by atoms with Gasteiger partial charge in [-0.15, -0.1) is 0 Å². The van der Waals surface area contributed by atoms with E-state index >= 15 is 0 Å². The number of ketones is 1. The van der Waals surface area contributed by atoms with Gasteiger partial charge in [-0.05, 0) is 111 Å². The summed E-state index contributed by atoms with van der Waals surface area (Å²) in [7, 11) is 0. The van der Waals surface area contributed by atoms with Crippen LogP contribution in [0.1, 0.15) is 97.8 Å². The Labute approximate surface area is 225 Å². The number of nitrogens with zero attached hydrogens (tertiary/aromatic N) is 1. The topological polar surface area (TPSA) is 57.6 Å². The van der Waals surface area contributed by atoms with Crippen molar-refractivity contribution in [1.29, 1.82) is 0 Å². The minimum atomic E-state index is -4.78. The number of halogens is 3. The molecule has 0 aromatic carbocycles. The number of rotatable bonds is 5. The summed E-state index contributed by atoms with van der Waals surface area (Å²) < 4.78 is 38.3. The number of carbonyl (C=O) groups excluding carboxylic acids is 2. The molecule has 0 unspecified atom stereocenters. The molecule has 7 heteroatoms. The van der Waals surface area contributed by atoms with Crippen LogP contribution in [-0.2, 0) is 9.59 Å². The van der Waals surface area contributed by atoms with Gasteiger partial charge in [0.05, 0.1) is 6.10 Å². The van der Waals surface area contributed by atoms with Crippen molar-refractivity contribution >= 4 is 11.7 Å². The number of allylic oxidation sites excluding steroid dienone is 1. The Bertz CT molecular complexity index is 955. The van der Waals surface area contributed by atoms with E-state index in [2.05, 4.69) is 26.8 Å². The van der Waals surface area contributed by atoms with Crippen molar-refractivity contribution in [2.45, 2.75) is 110 Å². The summed E-state index contributed by atoms with van der Waals surface area (Å²) in [4.78, 5) is 26.1. The molecule has 1 amide bonds. The fraction of sp³-hybridized carbons (Fsp3) is 0.871. The molecule has 5 aliphatic rings. The largest absolute Gasteiger partial charge is 0.450 e. The van der Waals surface area contributed by atoms with Crippen molar-refractivity contribution in [1.82, 2.24) is 4.90 Å². The fourth-order valence-corrected chi connectivity index (χ4v) is 9.95. The zero-order valence-corrected chi connectivity index (χ0v) is 23.4. The maximum atomic E-state index is 12.9. The van der Waals surface area contributed by atoms with E-state index < -0.39 is 17.9 Å². The summed E-state index contributed by atoms with van der Waals surface area (Å²) >= 11 is 0. The van der Waals surface area contributed by atoms with Crippen LogP contribution in [-0.4, -0.2) is 47.1 Å². The lowest BCUT2D eigenvalue weighted by molar-refractivity contribution is -0.177. The first-order valence-electron chi connectivity index (χ1n) is 15.1. The van der Waals surface area contributed by atoms with Crippen LogP contribution in [0, 0.1) is 46.3 Å². The molecule has 4 nitrogen and oxygen atoms in total. The summed E-state index contributed by atoms with van der Waals surface area (Å²) in [5.41, 5.74) is 2.06. The van der Waals surface area contributed by atoms with Gasteiger partial charge in [0.15, 0.2) is 0 Å². The van der Waals surface area contributed by atoms with Gasteiger partial charge in [-0.1, -0.05) is 32.4 Å². The van der Waals surface area contributed by atoms with E-state index in [0.717, 1.165) is 49.9 Å². The number of hydrogen-bond donors (Lipinski definition) is 1. The van der Waals surface area contributed by atoms with Crippen molar-refractivity contribution in [3.63, 3.8) is 0 Å². The van der Waals surface area contributed by atoms with Crippen LogP contribution in [0.3, 0.4) is 0 Å². The molecule has 4 fully saturated rings. The highest BCUT2D eigenvalue weighted by molar-refractivity contribution is 5.86. The summed E-state index contributed by atoms with van der Waals surface area (Å²) in [6.45, 7) is 7.77. The molecule has 4 aliphatic carbocycles. The molecule has 38 heavy (non-hydrogen) atoms. The minimum Gasteiger partial charge on any atom is -0.393 e. The summed E-state index contributed by atoms with van der Waals surface area (Å²) in [5, 5.41) is 10.3. The molecule has 0 aromatic rings. The van der Waals surface area contributed by atoms with Crippen molar-refractivity contribution < 1.29 is 27.9 Å². The number of aliphatic hydroxyl groups excluding tert-OH is 1. The normalized spacial score (nSPS) is 40.6. The molecule has 214 valence electrons. The first kappa shape index (κ1) is 28.2. The molecule has 1 N–H and O–H groups in total. The third kappa shape index (κ3) is 4.88. The van der Waals surface area contributed by atoms with E-state index in [4.69, 9.17) is 0 Å². The first-order valence-corrected chi connectivity index (χ1v) is 15.1. The summed E-state index contributed by atoms with van der Waals surface area (Å²) in [6, 6.07) is 0. The van der Waals surface area contributed by atoms with E-state index in [1.165, 1.54) is 31.3 Å². The Morgan fingerprint density at radius 3 is 2.45 bits per heavy atom. The van der Waals surface area contributed by atoms with Gasteiger partial charge in [-0.2, -0.15) is 13.2 Å². The first-order chi connectivity index (χ1) is 17.8. The molecular weight excluding hydrogens is 491 g/mol. The van der Waals surface area contributed by atoms with Crippen LogP contribution in [0.25, 0.3) is 0 Å². The zero-order chi connectivity index (χ0) is 27.5. The van der Waals surface area contributed by atoms with Crippen molar-refractivity contribution in [3.05, 3.63) is 11.6 Å². The monoisotopic (exact) mass is 537 g/mol. The predicted molar refractivity (Wildman–Crippen MR) is 140 cm³/mol. The zero-order valence-electron chi connectivity index (χ0n) is 23.4. The lowest BCUT2D eigenvalue weighted by Crippen LogP contribution is -2.50. The van der Waals surface area contributed by atoms with Gasteiger partial charge in [0.25, 0.3) is 0 Å². The fourth-order valence-electron chi connectivity index (χ4n) is 9.95. The second-order valence-electron chi connectivity index (χ2n) is 13.9. The SMILES string of the molecule is C[C@H](CCC(=O)N1CCC(C(=O)C(F)(F)F)CC1)[C@H]1CC[C@H]2[C@@H]3CC=C4C[C@@H](O)CC[C@]4(C)[C@H]3CC[C@]12C. The molecule has 1 aliphatic heterocycles. The molecular formula is C31H46F3NO3. The second kappa shape index (κ2) is 10.2. The predicted octanol–water partition coefficient (Wildman–Crippen LogP) is 6.71. The number of carbonyl (C=O) groups is 2. The van der Waals surface area contributed by atoms with E-state index in [9.17, 15) is 27.9 Å². The smallest absolute Gasteiger partial charge is 0.393 e. The van der Waals surface area contributed by atoms with Gasteiger partial charge >= 0.3 is 6.18 Å². The number of aliphatic hydroxyl groups is 1. The molecule has 5 rings (SSSR count). The Morgan fingerprint density at radius 2 is 1.76 bits per heavy atom. The molecule has 1 saturated heterocycles. The Balaban J connectivity index is 1.16. The Hall–Kier alpha value is -1.37. The van der Waals surface area contributed by atoms with Crippen molar-refractivity contribution in [2.75, 3.05) is 13.1 Å². The number of piperidine rings is 1. The molecule has 0 spiro atoms. The van der Waals surface area contributed by atoms with E-state index in [0.29, 0.717) is 23.7 Å². The molecule has 1 heterocycles. The van der Waals surface area contributed by atoms with Crippen LogP contribution in [0.5, 0.6) is 0 Å². The van der Waals surface area contributed by atoms with Gasteiger partial charge in [-0.3, -0.25) is 9.59 Å². The maximum absolute atomic E-state index is 12.9. The number of amides is 1. The highest BCUT2D eigenvalue weighted by Gasteiger charge is 2.59. The van der Waals surface area contributed by atoms with Gasteiger partial charge in [0, 0.05) is 25.4 Å². The van der Waals surface area contributed by atoms with Gasteiger partial charge in [0.2, 0.25) is 11.7 Å². The lowest BCUT2D eigenvalue weighted by Gasteiger charge is -2.58. The number of fused-ring (bicyclic) bond motifs is 5. The van der Waals surface area contributed by atoms with Crippen LogP contribution >= 0.6 is 0 Å². The van der Waals surface area contributed by atoms with E-state index in [-0.39, 0.29) is 43.4 Å². The Morgan fingerprint density at radius 1 is 1.05 bits per heavy atom. The molecule has 0 bridgehead atoms. The standard InChI is InChI=1S/C31H46F3NO3/c1-19(4-9-27(37)35-16-12-20(13-17-35)28(38)31(32,33)34)24-7-8-25-23-6-5-21-18-22(36)10-14-29(21,2)26(23)11-15-30(24,25)3/h5,19-20,22-26,36H,4,6-18H2,1-3H3/t19-,22+,23+,24-,25+,26+,29+,30-/m1/s1. The molecule has 0 aromatic heterocycles. The summed E-state index contributed by atoms with van der Waals surface area (Å²) in [6.07, 6.45) is 8.02. The van der Waals surface area contributed by atoms with Crippen LogP contribution < -0.4 is 0 Å². The molecule has 3 saturated carbocycles. The maximum Gasteiger partial charge on any atom is 0.450 e. The lowest BCUT2D eigenvalue weighted by atomic mass is 9.47. The number of hydrogen-bond acceptors (Lipinski definition) is 3. The molecule has 0 radical (unpaired) electrons. The quantitative estimate of drug-likeness (QED) is 0.397. The molecule has 8 atom stereocenters. The third-order valence-electron chi connectivity index (χ3n) is 12.1. The van der Waals surface area contributed by atoms with Crippen molar-refractivity contribution in [2.24, 2.45) is 46.3 Å². The third-order valence-corrected chi connectivity index (χ3v) is 12.1. The minimum absolute atomic E-state index is 0.0236. The average Bonchev–Trinajstić information content (AvgIpc) is 3.24. The van der Waals surface area contributed by atoms with E-state index in [1.807, 2.05) is 0 Å². The van der Waals surface area contributed by atoms with Crippen molar-refractivity contribution in [3.8, 4) is 0 Å². The second-order valence-corrected chi connectivity index (χ2v) is 13.9. The number of likely N-dealkylation sites (tertiary alicyclic amines) is 1. The van der Waals surface area contributed by atoms with Gasteiger partial charge < -0.3 is 10.0 Å². The highest BCUT2D eigenvalue weighted by atomic mass is 19.4. The highest BCUT2D eigenvalue weighted by Crippen LogP contribution is 2.67. The van der Waals surface area contributed by atoms with Gasteiger partial charge in [0.1, 0.15) is 0 Å². The van der Waals surface area contributed by atoms with Crippen LogP contribution in [0.15, 0.2) is 11.6 Å². The Kier molecular flexibility index (Phi) is 7.58. The number of alkyl halides is 3. The van der Waals surface area contributed by atoms with E-state index in [1.54, 1.807) is 4.90 Å². The average molecular weight is 538 g/mol. The van der Waals surface area contributed by atoms with Gasteiger partial charge in [-0.25, -0.2) is 0 Å².